The Balaban J connectivity index is 1.63. The molecular weight excluding hydrogens is 228 g/mol. The molecule has 4 fully saturated rings. The molecule has 0 radical (unpaired) electrons. The van der Waals surface area contributed by atoms with Crippen LogP contribution < -0.4 is 0 Å². The number of ether oxygens (including phenoxy) is 2. The van der Waals surface area contributed by atoms with Crippen LogP contribution in [0.15, 0.2) is 0 Å². The van der Waals surface area contributed by atoms with Crippen LogP contribution in [0.25, 0.3) is 0 Å². The number of carbonyl (C=O) groups is 1. The molecule has 0 N–H and O–H groups in total. The zero-order chi connectivity index (χ0) is 12.5. The Morgan fingerprint density at radius 3 is 2.61 bits per heavy atom. The minimum atomic E-state index is -0.407. The summed E-state index contributed by atoms with van der Waals surface area (Å²) in [5, 5.41) is 0. The molecule has 1 saturated heterocycles. The van der Waals surface area contributed by atoms with E-state index in [1.54, 1.807) is 0 Å². The molecule has 3 heteroatoms. The van der Waals surface area contributed by atoms with Crippen molar-refractivity contribution in [2.24, 2.45) is 29.1 Å². The Labute approximate surface area is 108 Å². The van der Waals surface area contributed by atoms with Crippen molar-refractivity contribution in [1.29, 1.82) is 0 Å². The third kappa shape index (κ3) is 1.35. The lowest BCUT2D eigenvalue weighted by atomic mass is 9.89. The second-order valence-corrected chi connectivity index (χ2v) is 7.56. The highest BCUT2D eigenvalue weighted by Gasteiger charge is 2.65. The molecular formula is C15H22O3. The number of Topliss-reactive ketones (excluding diaryl/α,β-unsaturated/α-hetero) is 1. The van der Waals surface area contributed by atoms with Gasteiger partial charge in [-0.2, -0.15) is 0 Å². The molecule has 0 aromatic rings. The lowest BCUT2D eigenvalue weighted by molar-refractivity contribution is -0.315. The van der Waals surface area contributed by atoms with Crippen LogP contribution in [0.3, 0.4) is 0 Å². The first-order chi connectivity index (χ1) is 8.51. The van der Waals surface area contributed by atoms with Crippen LogP contribution in [0.5, 0.6) is 0 Å². The van der Waals surface area contributed by atoms with Crippen LogP contribution in [-0.4, -0.2) is 24.8 Å². The van der Waals surface area contributed by atoms with Gasteiger partial charge in [-0.25, -0.2) is 0 Å². The fraction of sp³-hybridized carbons (Fsp3) is 0.933. The normalized spacial score (nSPS) is 47.8. The maximum atomic E-state index is 12.1. The van der Waals surface area contributed by atoms with Crippen molar-refractivity contribution in [2.45, 2.75) is 45.3 Å². The molecule has 0 aromatic heterocycles. The minimum absolute atomic E-state index is 0.116. The predicted octanol–water partition coefficient (Wildman–Crippen LogP) is 2.39. The van der Waals surface area contributed by atoms with Crippen LogP contribution in [0.1, 0.15) is 39.5 Å². The van der Waals surface area contributed by atoms with Gasteiger partial charge in [0.1, 0.15) is 5.78 Å². The summed E-state index contributed by atoms with van der Waals surface area (Å²) < 4.78 is 12.4. The van der Waals surface area contributed by atoms with Crippen LogP contribution in [-0.2, 0) is 14.3 Å². The van der Waals surface area contributed by atoms with Gasteiger partial charge in [0.2, 0.25) is 0 Å². The molecule has 0 bridgehead atoms. The van der Waals surface area contributed by atoms with Gasteiger partial charge in [-0.05, 0) is 24.7 Å². The quantitative estimate of drug-likeness (QED) is 0.662. The summed E-state index contributed by atoms with van der Waals surface area (Å²) in [6.07, 6.45) is 4.05. The summed E-state index contributed by atoms with van der Waals surface area (Å²) in [7, 11) is 0. The van der Waals surface area contributed by atoms with Crippen molar-refractivity contribution >= 4 is 5.78 Å². The first kappa shape index (κ1) is 11.4. The van der Waals surface area contributed by atoms with Crippen molar-refractivity contribution in [3.8, 4) is 0 Å². The average molecular weight is 250 g/mol. The average Bonchev–Trinajstić information content (AvgIpc) is 2.92. The number of ketones is 1. The Bertz CT molecular complexity index is 391. The number of fused-ring (bicyclic) bond motifs is 1. The lowest BCUT2D eigenvalue weighted by Gasteiger charge is -2.44. The van der Waals surface area contributed by atoms with E-state index in [9.17, 15) is 4.79 Å². The third-order valence-corrected chi connectivity index (χ3v) is 5.68. The van der Waals surface area contributed by atoms with E-state index in [1.807, 2.05) is 0 Å². The highest BCUT2D eigenvalue weighted by atomic mass is 16.7. The maximum Gasteiger partial charge on any atom is 0.172 e. The van der Waals surface area contributed by atoms with E-state index in [4.69, 9.17) is 9.47 Å². The van der Waals surface area contributed by atoms with E-state index in [2.05, 4.69) is 13.8 Å². The molecule has 4 atom stereocenters. The Morgan fingerprint density at radius 1 is 1.17 bits per heavy atom. The monoisotopic (exact) mass is 250 g/mol. The standard InChI is InChI=1S/C15H22O3/c1-14(2)7-17-15(18-8-14)6-9-3-4-10-12(16)5-11(15)13(9)10/h9-11,13H,3-8H2,1-2H3/t9-,10+,11-,13+/m1/s1. The second kappa shape index (κ2) is 3.37. The summed E-state index contributed by atoms with van der Waals surface area (Å²) in [6.45, 7) is 5.89. The molecule has 1 aliphatic heterocycles. The molecule has 0 unspecified atom stereocenters. The van der Waals surface area contributed by atoms with E-state index in [-0.39, 0.29) is 5.41 Å². The minimum Gasteiger partial charge on any atom is -0.349 e. The third-order valence-electron chi connectivity index (χ3n) is 5.68. The Morgan fingerprint density at radius 2 is 1.89 bits per heavy atom. The Kier molecular flexibility index (Phi) is 2.14. The molecule has 1 spiro atoms. The molecule has 3 nitrogen and oxygen atoms in total. The SMILES string of the molecule is CC1(C)COC2(C[C@H]3CC[C@H]4C(=O)C[C@@H]2[C@@H]34)OC1. The number of hydrogen-bond donors (Lipinski definition) is 0. The van der Waals surface area contributed by atoms with Crippen molar-refractivity contribution in [2.75, 3.05) is 13.2 Å². The van der Waals surface area contributed by atoms with E-state index in [0.29, 0.717) is 35.9 Å². The van der Waals surface area contributed by atoms with Gasteiger partial charge in [0.15, 0.2) is 5.79 Å². The van der Waals surface area contributed by atoms with E-state index >= 15 is 0 Å². The largest absolute Gasteiger partial charge is 0.349 e. The Hall–Kier alpha value is -0.410. The molecule has 4 rings (SSSR count). The van der Waals surface area contributed by atoms with Crippen LogP contribution in [0.4, 0.5) is 0 Å². The van der Waals surface area contributed by atoms with Crippen LogP contribution >= 0.6 is 0 Å². The van der Waals surface area contributed by atoms with Crippen LogP contribution in [0, 0.1) is 29.1 Å². The highest BCUT2D eigenvalue weighted by molar-refractivity contribution is 5.84. The fourth-order valence-corrected chi connectivity index (χ4v) is 4.85. The van der Waals surface area contributed by atoms with E-state index in [0.717, 1.165) is 26.1 Å². The van der Waals surface area contributed by atoms with Crippen molar-refractivity contribution < 1.29 is 14.3 Å². The topological polar surface area (TPSA) is 35.5 Å². The van der Waals surface area contributed by atoms with Gasteiger partial charge < -0.3 is 9.47 Å². The first-order valence-corrected chi connectivity index (χ1v) is 7.31. The summed E-state index contributed by atoms with van der Waals surface area (Å²) in [5.41, 5.74) is 0.116. The van der Waals surface area contributed by atoms with Gasteiger partial charge in [-0.1, -0.05) is 13.8 Å². The van der Waals surface area contributed by atoms with Gasteiger partial charge in [-0.15, -0.1) is 0 Å². The van der Waals surface area contributed by atoms with Crippen LogP contribution in [0.2, 0.25) is 0 Å². The summed E-state index contributed by atoms with van der Waals surface area (Å²) in [6, 6.07) is 0. The number of hydrogen-bond acceptors (Lipinski definition) is 3. The zero-order valence-corrected chi connectivity index (χ0v) is 11.3. The zero-order valence-electron chi connectivity index (χ0n) is 11.3. The van der Waals surface area contributed by atoms with E-state index < -0.39 is 5.79 Å². The molecule has 3 saturated carbocycles. The fourth-order valence-electron chi connectivity index (χ4n) is 4.85. The summed E-state index contributed by atoms with van der Waals surface area (Å²) in [5.74, 6) is 1.99. The van der Waals surface area contributed by atoms with Crippen molar-refractivity contribution in [1.82, 2.24) is 0 Å². The smallest absolute Gasteiger partial charge is 0.172 e. The first-order valence-electron chi connectivity index (χ1n) is 7.31. The molecule has 100 valence electrons. The van der Waals surface area contributed by atoms with E-state index in [1.165, 1.54) is 6.42 Å². The second-order valence-electron chi connectivity index (χ2n) is 7.56. The number of carbonyl (C=O) groups excluding carboxylic acids is 1. The number of rotatable bonds is 0. The van der Waals surface area contributed by atoms with Gasteiger partial charge in [0, 0.05) is 30.1 Å². The lowest BCUT2D eigenvalue weighted by Crippen LogP contribution is -2.50. The highest BCUT2D eigenvalue weighted by Crippen LogP contribution is 2.63. The van der Waals surface area contributed by atoms with Gasteiger partial charge >= 0.3 is 0 Å². The summed E-state index contributed by atoms with van der Waals surface area (Å²) >= 11 is 0. The van der Waals surface area contributed by atoms with Gasteiger partial charge in [0.05, 0.1) is 13.2 Å². The van der Waals surface area contributed by atoms with Crippen molar-refractivity contribution in [3.05, 3.63) is 0 Å². The predicted molar refractivity (Wildman–Crippen MR) is 65.9 cm³/mol. The summed E-state index contributed by atoms with van der Waals surface area (Å²) in [4.78, 5) is 12.1. The molecule has 0 aromatic carbocycles. The van der Waals surface area contributed by atoms with Crippen molar-refractivity contribution in [3.63, 3.8) is 0 Å². The molecule has 18 heavy (non-hydrogen) atoms. The molecule has 0 amide bonds. The van der Waals surface area contributed by atoms with Gasteiger partial charge in [-0.3, -0.25) is 4.79 Å². The molecule has 3 aliphatic carbocycles. The van der Waals surface area contributed by atoms with Gasteiger partial charge in [0.25, 0.3) is 0 Å². The maximum absolute atomic E-state index is 12.1. The molecule has 1 heterocycles. The molecule has 4 aliphatic rings.